The Hall–Kier alpha value is -1.28. The second-order valence-electron chi connectivity index (χ2n) is 9.26. The third-order valence-corrected chi connectivity index (χ3v) is 6.00. The first kappa shape index (κ1) is 29.7. The van der Waals surface area contributed by atoms with Gasteiger partial charge in [0, 0.05) is 18.4 Å². The largest absolute Gasteiger partial charge is 0.391 e. The van der Waals surface area contributed by atoms with Gasteiger partial charge >= 0.3 is 0 Å². The Morgan fingerprint density at radius 2 is 1.45 bits per heavy atom. The van der Waals surface area contributed by atoms with Crippen LogP contribution in [0.1, 0.15) is 67.7 Å². The van der Waals surface area contributed by atoms with Gasteiger partial charge in [-0.25, -0.2) is 0 Å². The van der Waals surface area contributed by atoms with Crippen LogP contribution in [0.2, 0.25) is 0 Å². The van der Waals surface area contributed by atoms with Crippen molar-refractivity contribution in [2.45, 2.75) is 85.9 Å². The van der Waals surface area contributed by atoms with Crippen LogP contribution in [-0.4, -0.2) is 59.6 Å². The van der Waals surface area contributed by atoms with Crippen LogP contribution >= 0.6 is 11.8 Å². The molecule has 0 aliphatic heterocycles. The van der Waals surface area contributed by atoms with Gasteiger partial charge in [-0.15, -0.1) is 0 Å². The van der Waals surface area contributed by atoms with E-state index in [1.165, 1.54) is 0 Å². The second kappa shape index (κ2) is 15.5. The molecule has 0 aromatic rings. The first-order chi connectivity index (χ1) is 14.4. The van der Waals surface area contributed by atoms with Crippen molar-refractivity contribution >= 4 is 29.5 Å². The molecule has 5 atom stereocenters. The van der Waals surface area contributed by atoms with Crippen LogP contribution in [-0.2, 0) is 14.4 Å². The number of likely N-dealkylation sites (N-methyl/N-ethyl adjacent to an activating group) is 1. The summed E-state index contributed by atoms with van der Waals surface area (Å²) in [5, 5.41) is 19.4. The summed E-state index contributed by atoms with van der Waals surface area (Å²) in [5.41, 5.74) is 0. The molecule has 8 heteroatoms. The first-order valence-corrected chi connectivity index (χ1v) is 12.9. The molecule has 0 fully saturated rings. The zero-order chi connectivity index (χ0) is 24.1. The normalized spacial score (nSPS) is 16.4. The summed E-state index contributed by atoms with van der Waals surface area (Å²) in [7, 11) is 0. The van der Waals surface area contributed by atoms with Crippen LogP contribution in [0, 0.1) is 23.7 Å². The van der Waals surface area contributed by atoms with Crippen LogP contribution < -0.4 is 16.0 Å². The van der Waals surface area contributed by atoms with Crippen molar-refractivity contribution in [2.75, 3.05) is 18.6 Å². The number of hydrogen-bond donors (Lipinski definition) is 4. The van der Waals surface area contributed by atoms with Gasteiger partial charge in [-0.3, -0.25) is 14.4 Å². The zero-order valence-corrected chi connectivity index (χ0v) is 21.5. The molecule has 3 amide bonds. The van der Waals surface area contributed by atoms with Crippen molar-refractivity contribution in [3.63, 3.8) is 0 Å². The Morgan fingerprint density at radius 1 is 0.871 bits per heavy atom. The molecule has 0 aromatic carbocycles. The zero-order valence-electron chi connectivity index (χ0n) is 20.7. The third-order valence-electron chi connectivity index (χ3n) is 5.36. The molecule has 0 radical (unpaired) electrons. The quantitative estimate of drug-likeness (QED) is 0.301. The van der Waals surface area contributed by atoms with Crippen LogP contribution in [0.15, 0.2) is 0 Å². The molecule has 0 aliphatic carbocycles. The average Bonchev–Trinajstić information content (AvgIpc) is 2.68. The molecule has 0 saturated heterocycles. The van der Waals surface area contributed by atoms with E-state index in [0.29, 0.717) is 13.0 Å². The van der Waals surface area contributed by atoms with Crippen molar-refractivity contribution in [3.05, 3.63) is 0 Å². The standard InChI is InChI=1S/C23H45N3O4S/c1-9-24-23(30)20(15(4)5)26-22(29)17(7)13-19(27)18(12-14(2)3)25-21(28)16(6)10-11-31-8/h14-20,27H,9-13H2,1-8H3,(H,24,30)(H,25,28)(H,26,29)/t16-,17+,18-,19-,20-/m0/s1. The first-order valence-electron chi connectivity index (χ1n) is 11.5. The number of carbonyl (C=O) groups is 3. The van der Waals surface area contributed by atoms with Gasteiger partial charge in [-0.2, -0.15) is 11.8 Å². The van der Waals surface area contributed by atoms with E-state index < -0.39 is 24.1 Å². The van der Waals surface area contributed by atoms with Gasteiger partial charge in [0.1, 0.15) is 6.04 Å². The van der Waals surface area contributed by atoms with Crippen molar-refractivity contribution in [1.29, 1.82) is 0 Å². The summed E-state index contributed by atoms with van der Waals surface area (Å²) >= 11 is 1.70. The van der Waals surface area contributed by atoms with E-state index in [1.54, 1.807) is 18.7 Å². The van der Waals surface area contributed by atoms with E-state index in [-0.39, 0.29) is 41.9 Å². The van der Waals surface area contributed by atoms with E-state index in [2.05, 4.69) is 16.0 Å². The summed E-state index contributed by atoms with van der Waals surface area (Å²) < 4.78 is 0. The summed E-state index contributed by atoms with van der Waals surface area (Å²) in [6, 6.07) is -1.03. The van der Waals surface area contributed by atoms with Gasteiger partial charge in [0.25, 0.3) is 0 Å². The molecule has 31 heavy (non-hydrogen) atoms. The van der Waals surface area contributed by atoms with Gasteiger partial charge in [0.05, 0.1) is 12.1 Å². The number of aliphatic hydroxyl groups is 1. The van der Waals surface area contributed by atoms with Gasteiger partial charge in [-0.05, 0) is 50.0 Å². The fourth-order valence-corrected chi connectivity index (χ4v) is 3.91. The molecule has 0 unspecified atom stereocenters. The smallest absolute Gasteiger partial charge is 0.242 e. The fourth-order valence-electron chi connectivity index (χ4n) is 3.32. The van der Waals surface area contributed by atoms with Crippen molar-refractivity contribution in [2.24, 2.45) is 23.7 Å². The predicted octanol–water partition coefficient (Wildman–Crippen LogP) is 2.57. The van der Waals surface area contributed by atoms with E-state index in [9.17, 15) is 19.5 Å². The number of carbonyl (C=O) groups excluding carboxylic acids is 3. The Labute approximate surface area is 193 Å². The molecular formula is C23H45N3O4S. The van der Waals surface area contributed by atoms with E-state index in [1.807, 2.05) is 47.8 Å². The summed E-state index contributed by atoms with van der Waals surface area (Å²) in [4.78, 5) is 37.5. The topological polar surface area (TPSA) is 108 Å². The molecular weight excluding hydrogens is 414 g/mol. The van der Waals surface area contributed by atoms with Crippen molar-refractivity contribution < 1.29 is 19.5 Å². The summed E-state index contributed by atoms with van der Waals surface area (Å²) in [5.74, 6) is -0.0185. The SMILES string of the molecule is CCNC(=O)[C@@H](NC(=O)[C@H](C)C[C@H](O)[C@H](CC(C)C)NC(=O)[C@@H](C)CCSC)C(C)C. The van der Waals surface area contributed by atoms with Gasteiger partial charge in [-0.1, -0.05) is 41.5 Å². The highest BCUT2D eigenvalue weighted by Gasteiger charge is 2.30. The Morgan fingerprint density at radius 3 is 1.94 bits per heavy atom. The number of nitrogens with one attached hydrogen (secondary N) is 3. The maximum absolute atomic E-state index is 12.7. The van der Waals surface area contributed by atoms with Crippen LogP contribution in [0.3, 0.4) is 0 Å². The maximum Gasteiger partial charge on any atom is 0.242 e. The molecule has 0 spiro atoms. The highest BCUT2D eigenvalue weighted by molar-refractivity contribution is 7.98. The summed E-state index contributed by atoms with van der Waals surface area (Å²) in [6.45, 7) is 13.8. The number of rotatable bonds is 15. The lowest BCUT2D eigenvalue weighted by molar-refractivity contribution is -0.132. The lowest BCUT2D eigenvalue weighted by Gasteiger charge is -2.29. The van der Waals surface area contributed by atoms with E-state index in [0.717, 1.165) is 12.2 Å². The lowest BCUT2D eigenvalue weighted by Crippen LogP contribution is -2.52. The molecule has 0 bridgehead atoms. The Balaban J connectivity index is 5.05. The number of amides is 3. The van der Waals surface area contributed by atoms with Crippen LogP contribution in [0.25, 0.3) is 0 Å². The minimum absolute atomic E-state index is 0.0524. The predicted molar refractivity (Wildman–Crippen MR) is 129 cm³/mol. The Kier molecular flexibility index (Phi) is 14.9. The number of hydrogen-bond acceptors (Lipinski definition) is 5. The molecule has 182 valence electrons. The Bertz CT molecular complexity index is 557. The molecule has 0 saturated carbocycles. The lowest BCUT2D eigenvalue weighted by atomic mass is 9.91. The molecule has 0 rings (SSSR count). The number of aliphatic hydroxyl groups excluding tert-OH is 1. The minimum Gasteiger partial charge on any atom is -0.391 e. The fraction of sp³-hybridized carbons (Fsp3) is 0.870. The third kappa shape index (κ3) is 11.8. The van der Waals surface area contributed by atoms with Gasteiger partial charge in [0.2, 0.25) is 17.7 Å². The van der Waals surface area contributed by atoms with Crippen molar-refractivity contribution in [1.82, 2.24) is 16.0 Å². The molecule has 4 N–H and O–H groups in total. The van der Waals surface area contributed by atoms with E-state index >= 15 is 0 Å². The van der Waals surface area contributed by atoms with Gasteiger partial charge in [0.15, 0.2) is 0 Å². The second-order valence-corrected chi connectivity index (χ2v) is 10.2. The highest BCUT2D eigenvalue weighted by atomic mass is 32.2. The van der Waals surface area contributed by atoms with Crippen LogP contribution in [0.4, 0.5) is 0 Å². The molecule has 0 aromatic heterocycles. The van der Waals surface area contributed by atoms with E-state index in [4.69, 9.17) is 0 Å². The maximum atomic E-state index is 12.7. The monoisotopic (exact) mass is 459 g/mol. The van der Waals surface area contributed by atoms with Crippen LogP contribution in [0.5, 0.6) is 0 Å². The summed E-state index contributed by atoms with van der Waals surface area (Å²) in [6.07, 6.45) is 2.79. The molecule has 7 nitrogen and oxygen atoms in total. The highest BCUT2D eigenvalue weighted by Crippen LogP contribution is 2.17. The molecule has 0 aliphatic rings. The minimum atomic E-state index is -0.846. The number of thioether (sulfide) groups is 1. The van der Waals surface area contributed by atoms with Crippen molar-refractivity contribution in [3.8, 4) is 0 Å². The molecule has 0 heterocycles. The average molecular weight is 460 g/mol. The van der Waals surface area contributed by atoms with Gasteiger partial charge < -0.3 is 21.1 Å².